The van der Waals surface area contributed by atoms with Crippen LogP contribution in [0.4, 0.5) is 14.5 Å². The summed E-state index contributed by atoms with van der Waals surface area (Å²) in [6, 6.07) is 9.40. The third kappa shape index (κ3) is 3.82. The zero-order valence-electron chi connectivity index (χ0n) is 16.1. The van der Waals surface area contributed by atoms with Gasteiger partial charge in [0.05, 0.1) is 23.8 Å². The molecule has 2 aromatic carbocycles. The minimum atomic E-state index is -1.08. The predicted molar refractivity (Wildman–Crippen MR) is 104 cm³/mol. The highest BCUT2D eigenvalue weighted by Gasteiger charge is 2.45. The van der Waals surface area contributed by atoms with Crippen molar-refractivity contribution < 1.29 is 27.9 Å². The van der Waals surface area contributed by atoms with Crippen LogP contribution in [0.15, 0.2) is 48.5 Å². The van der Waals surface area contributed by atoms with Crippen LogP contribution in [0.3, 0.4) is 0 Å². The lowest BCUT2D eigenvalue weighted by Crippen LogP contribution is -2.48. The van der Waals surface area contributed by atoms with Crippen LogP contribution >= 0.6 is 0 Å². The number of carbonyl (C=O) groups is 3. The van der Waals surface area contributed by atoms with E-state index in [9.17, 15) is 23.2 Å². The van der Waals surface area contributed by atoms with Crippen LogP contribution < -0.4 is 4.90 Å². The number of rotatable bonds is 5. The minimum absolute atomic E-state index is 0.0775. The summed E-state index contributed by atoms with van der Waals surface area (Å²) in [7, 11) is 0. The summed E-state index contributed by atoms with van der Waals surface area (Å²) in [5.41, 5.74) is 0.0558. The Bertz CT molecular complexity index is 973. The van der Waals surface area contributed by atoms with E-state index in [1.54, 1.807) is 0 Å². The Labute approximate surface area is 172 Å². The second-order valence-corrected chi connectivity index (χ2v) is 7.34. The number of ether oxygens (including phenoxy) is 1. The first kappa shape index (κ1) is 20.2. The molecule has 2 atom stereocenters. The molecule has 2 unspecified atom stereocenters. The van der Waals surface area contributed by atoms with Crippen molar-refractivity contribution in [3.05, 3.63) is 65.7 Å². The molecular formula is C22H20F2N2O4. The third-order valence-corrected chi connectivity index (χ3v) is 5.37. The number of halogens is 2. The van der Waals surface area contributed by atoms with Gasteiger partial charge < -0.3 is 9.64 Å². The Hall–Kier alpha value is -3.13. The Morgan fingerprint density at radius 3 is 2.50 bits per heavy atom. The summed E-state index contributed by atoms with van der Waals surface area (Å²) in [5, 5.41) is 0. The molecule has 3 amide bonds. The normalized spacial score (nSPS) is 21.3. The van der Waals surface area contributed by atoms with Crippen LogP contribution in [0.1, 0.15) is 29.6 Å². The molecule has 0 N–H and O–H groups in total. The smallest absolute Gasteiger partial charge is 0.257 e. The van der Waals surface area contributed by atoms with Crippen molar-refractivity contribution in [2.45, 2.75) is 31.4 Å². The summed E-state index contributed by atoms with van der Waals surface area (Å²) in [6.07, 6.45) is 1.01. The van der Waals surface area contributed by atoms with Crippen LogP contribution in [0.25, 0.3) is 0 Å². The monoisotopic (exact) mass is 414 g/mol. The molecule has 2 saturated heterocycles. The van der Waals surface area contributed by atoms with Gasteiger partial charge in [0.15, 0.2) is 0 Å². The fourth-order valence-corrected chi connectivity index (χ4v) is 3.87. The van der Waals surface area contributed by atoms with Gasteiger partial charge >= 0.3 is 0 Å². The summed E-state index contributed by atoms with van der Waals surface area (Å²) in [6.45, 7) is 0.625. The van der Waals surface area contributed by atoms with E-state index >= 15 is 0 Å². The molecule has 6 nitrogen and oxygen atoms in total. The van der Waals surface area contributed by atoms with Gasteiger partial charge in [-0.1, -0.05) is 12.1 Å². The summed E-state index contributed by atoms with van der Waals surface area (Å²) in [5.74, 6) is -2.98. The van der Waals surface area contributed by atoms with E-state index in [4.69, 9.17) is 4.74 Å². The molecular weight excluding hydrogens is 394 g/mol. The molecule has 0 aliphatic carbocycles. The number of hydrogen-bond acceptors (Lipinski definition) is 4. The van der Waals surface area contributed by atoms with Crippen molar-refractivity contribution in [2.24, 2.45) is 0 Å². The number of imide groups is 1. The Kier molecular flexibility index (Phi) is 5.59. The van der Waals surface area contributed by atoms with Crippen molar-refractivity contribution in [1.29, 1.82) is 0 Å². The first-order valence-corrected chi connectivity index (χ1v) is 9.75. The topological polar surface area (TPSA) is 66.9 Å². The first-order chi connectivity index (χ1) is 14.5. The van der Waals surface area contributed by atoms with Crippen LogP contribution in [-0.2, 0) is 14.3 Å². The Morgan fingerprint density at radius 2 is 1.83 bits per heavy atom. The lowest BCUT2D eigenvalue weighted by Gasteiger charge is -2.30. The van der Waals surface area contributed by atoms with Crippen LogP contribution in [0.2, 0.25) is 0 Å². The summed E-state index contributed by atoms with van der Waals surface area (Å²) < 4.78 is 33.1. The molecule has 30 heavy (non-hydrogen) atoms. The molecule has 0 radical (unpaired) electrons. The van der Waals surface area contributed by atoms with Gasteiger partial charge in [0.2, 0.25) is 5.91 Å². The maximum atomic E-state index is 14.3. The van der Waals surface area contributed by atoms with Crippen LogP contribution in [-0.4, -0.2) is 47.9 Å². The van der Waals surface area contributed by atoms with Crippen molar-refractivity contribution in [3.63, 3.8) is 0 Å². The van der Waals surface area contributed by atoms with E-state index in [0.29, 0.717) is 13.0 Å². The zero-order valence-corrected chi connectivity index (χ0v) is 16.1. The molecule has 0 spiro atoms. The first-order valence-electron chi connectivity index (χ1n) is 9.75. The number of carbonyl (C=O) groups excluding carboxylic acids is 3. The summed E-state index contributed by atoms with van der Waals surface area (Å²) >= 11 is 0. The van der Waals surface area contributed by atoms with Gasteiger partial charge in [0.1, 0.15) is 17.7 Å². The van der Waals surface area contributed by atoms with E-state index in [0.717, 1.165) is 23.5 Å². The van der Waals surface area contributed by atoms with E-state index in [1.165, 1.54) is 41.3 Å². The van der Waals surface area contributed by atoms with Gasteiger partial charge in [-0.25, -0.2) is 13.7 Å². The maximum Gasteiger partial charge on any atom is 0.257 e. The van der Waals surface area contributed by atoms with E-state index in [1.807, 2.05) is 0 Å². The molecule has 2 fully saturated rings. The Balaban J connectivity index is 1.65. The minimum Gasteiger partial charge on any atom is -0.376 e. The van der Waals surface area contributed by atoms with Gasteiger partial charge in [0, 0.05) is 13.2 Å². The highest BCUT2D eigenvalue weighted by atomic mass is 19.1. The van der Waals surface area contributed by atoms with Crippen molar-refractivity contribution >= 4 is 23.4 Å². The second kappa shape index (κ2) is 8.31. The van der Waals surface area contributed by atoms with Crippen LogP contribution in [0, 0.1) is 11.6 Å². The fourth-order valence-electron chi connectivity index (χ4n) is 3.87. The molecule has 156 valence electrons. The average Bonchev–Trinajstić information content (AvgIpc) is 3.35. The molecule has 4 rings (SSSR count). The number of benzene rings is 2. The quantitative estimate of drug-likeness (QED) is 0.706. The number of nitrogens with zero attached hydrogens (tertiary/aromatic N) is 2. The highest BCUT2D eigenvalue weighted by Crippen LogP contribution is 2.28. The highest BCUT2D eigenvalue weighted by molar-refractivity contribution is 6.23. The van der Waals surface area contributed by atoms with Crippen molar-refractivity contribution in [3.8, 4) is 0 Å². The average molecular weight is 414 g/mol. The molecule has 0 aromatic heterocycles. The maximum absolute atomic E-state index is 14.3. The van der Waals surface area contributed by atoms with Crippen molar-refractivity contribution in [2.75, 3.05) is 18.1 Å². The van der Waals surface area contributed by atoms with E-state index in [2.05, 4.69) is 0 Å². The van der Waals surface area contributed by atoms with Gasteiger partial charge in [-0.2, -0.15) is 0 Å². The number of amides is 3. The molecule has 2 aromatic rings. The largest absolute Gasteiger partial charge is 0.376 e. The standard InChI is InChI=1S/C22H20F2N2O4/c23-14-7-9-15(10-8-14)26-20(27)12-19(22(26)29)25(13-16-4-3-11-30-16)21(28)17-5-1-2-6-18(17)24/h1-2,5-10,16,19H,3-4,11-13H2. The number of anilines is 1. The van der Waals surface area contributed by atoms with Gasteiger partial charge in [0.25, 0.3) is 11.8 Å². The second-order valence-electron chi connectivity index (χ2n) is 7.34. The molecule has 2 heterocycles. The molecule has 2 aliphatic heterocycles. The lowest BCUT2D eigenvalue weighted by atomic mass is 10.1. The molecule has 0 bridgehead atoms. The third-order valence-electron chi connectivity index (χ3n) is 5.37. The van der Waals surface area contributed by atoms with Gasteiger partial charge in [-0.15, -0.1) is 0 Å². The van der Waals surface area contributed by atoms with Crippen molar-refractivity contribution in [1.82, 2.24) is 4.90 Å². The predicted octanol–water partition coefficient (Wildman–Crippen LogP) is 2.92. The van der Waals surface area contributed by atoms with Crippen LogP contribution in [0.5, 0.6) is 0 Å². The van der Waals surface area contributed by atoms with E-state index in [-0.39, 0.29) is 30.3 Å². The molecule has 2 aliphatic rings. The van der Waals surface area contributed by atoms with Gasteiger partial charge in [-0.3, -0.25) is 14.4 Å². The Morgan fingerprint density at radius 1 is 1.10 bits per heavy atom. The lowest BCUT2D eigenvalue weighted by molar-refractivity contribution is -0.122. The SMILES string of the molecule is O=C1CC(N(CC2CCCO2)C(=O)c2ccccc2F)C(=O)N1c1ccc(F)cc1. The summed E-state index contributed by atoms with van der Waals surface area (Å²) in [4.78, 5) is 41.1. The zero-order chi connectivity index (χ0) is 21.3. The number of hydrogen-bond donors (Lipinski definition) is 0. The molecule has 8 heteroatoms. The van der Waals surface area contributed by atoms with E-state index < -0.39 is 35.4 Å². The van der Waals surface area contributed by atoms with Gasteiger partial charge in [-0.05, 0) is 49.2 Å². The molecule has 0 saturated carbocycles. The fraction of sp³-hybridized carbons (Fsp3) is 0.318.